The van der Waals surface area contributed by atoms with E-state index in [2.05, 4.69) is 32.7 Å². The van der Waals surface area contributed by atoms with Gasteiger partial charge in [0.2, 0.25) is 0 Å². The summed E-state index contributed by atoms with van der Waals surface area (Å²) in [5, 5.41) is 0. The van der Waals surface area contributed by atoms with Crippen LogP contribution in [0.4, 0.5) is 4.39 Å². The van der Waals surface area contributed by atoms with Crippen molar-refractivity contribution in [1.29, 1.82) is 0 Å². The molecule has 0 saturated carbocycles. The minimum Gasteiger partial charge on any atom is -0.370 e. The highest BCUT2D eigenvalue weighted by Gasteiger charge is 2.17. The van der Waals surface area contributed by atoms with E-state index >= 15 is 0 Å². The maximum Gasteiger partial charge on any atom is 0.191 e. The standard InChI is InChI=1S/C14H19BrFN3/c1-10-3-2-6-19(9-10)14(17)18-8-11-7-12(16)4-5-13(11)15/h4-5,7,10H,2-3,6,8-9H2,1H3,(H2,17,18). The Hall–Kier alpha value is -1.10. The van der Waals surface area contributed by atoms with Gasteiger partial charge in [0.15, 0.2) is 5.96 Å². The number of benzene rings is 1. The fourth-order valence-electron chi connectivity index (χ4n) is 2.33. The molecular weight excluding hydrogens is 309 g/mol. The highest BCUT2D eigenvalue weighted by Crippen LogP contribution is 2.19. The Morgan fingerprint density at radius 3 is 3.11 bits per heavy atom. The maximum atomic E-state index is 13.2. The third-order valence-electron chi connectivity index (χ3n) is 3.40. The van der Waals surface area contributed by atoms with Crippen LogP contribution in [0.15, 0.2) is 27.7 Å². The molecule has 5 heteroatoms. The quantitative estimate of drug-likeness (QED) is 0.669. The molecule has 19 heavy (non-hydrogen) atoms. The van der Waals surface area contributed by atoms with Crippen molar-refractivity contribution in [2.24, 2.45) is 16.6 Å². The molecule has 0 amide bonds. The second-order valence-corrected chi connectivity index (χ2v) is 5.96. The Morgan fingerprint density at radius 2 is 2.37 bits per heavy atom. The lowest BCUT2D eigenvalue weighted by Gasteiger charge is -2.31. The van der Waals surface area contributed by atoms with E-state index in [0.717, 1.165) is 29.5 Å². The first-order chi connectivity index (χ1) is 9.06. The predicted octanol–water partition coefficient (Wildman–Crippen LogP) is 3.13. The number of guanidine groups is 1. The van der Waals surface area contributed by atoms with Gasteiger partial charge >= 0.3 is 0 Å². The van der Waals surface area contributed by atoms with Gasteiger partial charge in [-0.05, 0) is 42.5 Å². The summed E-state index contributed by atoms with van der Waals surface area (Å²) in [6, 6.07) is 4.60. The first-order valence-corrected chi connectivity index (χ1v) is 7.34. The zero-order valence-corrected chi connectivity index (χ0v) is 12.7. The van der Waals surface area contributed by atoms with E-state index in [0.29, 0.717) is 18.4 Å². The fourth-order valence-corrected chi connectivity index (χ4v) is 2.70. The summed E-state index contributed by atoms with van der Waals surface area (Å²) in [4.78, 5) is 6.49. The number of hydrogen-bond acceptors (Lipinski definition) is 1. The molecule has 2 N–H and O–H groups in total. The van der Waals surface area contributed by atoms with E-state index in [1.165, 1.54) is 18.6 Å². The number of hydrogen-bond donors (Lipinski definition) is 1. The van der Waals surface area contributed by atoms with Gasteiger partial charge in [-0.15, -0.1) is 0 Å². The minimum absolute atomic E-state index is 0.251. The van der Waals surface area contributed by atoms with Crippen LogP contribution >= 0.6 is 15.9 Å². The van der Waals surface area contributed by atoms with Crippen molar-refractivity contribution in [1.82, 2.24) is 4.90 Å². The summed E-state index contributed by atoms with van der Waals surface area (Å²) in [6.45, 7) is 4.54. The summed E-state index contributed by atoms with van der Waals surface area (Å²) in [5.41, 5.74) is 6.83. The molecule has 1 aromatic rings. The predicted molar refractivity (Wildman–Crippen MR) is 79.4 cm³/mol. The summed E-state index contributed by atoms with van der Waals surface area (Å²) in [6.07, 6.45) is 2.40. The van der Waals surface area contributed by atoms with Crippen LogP contribution in [0.25, 0.3) is 0 Å². The van der Waals surface area contributed by atoms with Crippen molar-refractivity contribution >= 4 is 21.9 Å². The molecule has 3 nitrogen and oxygen atoms in total. The number of likely N-dealkylation sites (tertiary alicyclic amines) is 1. The van der Waals surface area contributed by atoms with Gasteiger partial charge in [-0.3, -0.25) is 0 Å². The second-order valence-electron chi connectivity index (χ2n) is 5.10. The molecule has 1 saturated heterocycles. The van der Waals surface area contributed by atoms with Crippen molar-refractivity contribution in [3.63, 3.8) is 0 Å². The number of halogens is 2. The summed E-state index contributed by atoms with van der Waals surface area (Å²) in [7, 11) is 0. The third kappa shape index (κ3) is 3.93. The lowest BCUT2D eigenvalue weighted by atomic mass is 10.0. The molecule has 1 unspecified atom stereocenters. The highest BCUT2D eigenvalue weighted by atomic mass is 79.9. The molecule has 0 spiro atoms. The van der Waals surface area contributed by atoms with Gasteiger partial charge in [0.25, 0.3) is 0 Å². The molecule has 0 radical (unpaired) electrons. The van der Waals surface area contributed by atoms with E-state index in [-0.39, 0.29) is 5.82 Å². The van der Waals surface area contributed by atoms with E-state index in [1.54, 1.807) is 6.07 Å². The average Bonchev–Trinajstić information content (AvgIpc) is 2.39. The Labute approximate surface area is 121 Å². The number of rotatable bonds is 2. The lowest BCUT2D eigenvalue weighted by Crippen LogP contribution is -2.43. The summed E-state index contributed by atoms with van der Waals surface area (Å²) in [5.74, 6) is 0.963. The molecule has 2 rings (SSSR count). The molecule has 104 valence electrons. The van der Waals surface area contributed by atoms with Crippen LogP contribution < -0.4 is 5.73 Å². The molecular formula is C14H19BrFN3. The van der Waals surface area contributed by atoms with Gasteiger partial charge in [-0.1, -0.05) is 22.9 Å². The van der Waals surface area contributed by atoms with Crippen LogP contribution in [0, 0.1) is 11.7 Å². The van der Waals surface area contributed by atoms with Crippen molar-refractivity contribution < 1.29 is 4.39 Å². The molecule has 1 fully saturated rings. The molecule has 0 aliphatic carbocycles. The van der Waals surface area contributed by atoms with Crippen molar-refractivity contribution in [3.8, 4) is 0 Å². The number of aliphatic imine (C=N–C) groups is 1. The normalized spacial score (nSPS) is 20.7. The smallest absolute Gasteiger partial charge is 0.191 e. The molecule has 1 heterocycles. The van der Waals surface area contributed by atoms with Crippen LogP contribution in [0.3, 0.4) is 0 Å². The zero-order chi connectivity index (χ0) is 13.8. The molecule has 1 aromatic carbocycles. The summed E-state index contributed by atoms with van der Waals surface area (Å²) < 4.78 is 14.0. The monoisotopic (exact) mass is 327 g/mol. The second kappa shape index (κ2) is 6.37. The lowest BCUT2D eigenvalue weighted by molar-refractivity contribution is 0.270. The van der Waals surface area contributed by atoms with Crippen LogP contribution in [-0.2, 0) is 6.54 Å². The topological polar surface area (TPSA) is 41.6 Å². The molecule has 1 atom stereocenters. The Balaban J connectivity index is 2.03. The van der Waals surface area contributed by atoms with E-state index in [4.69, 9.17) is 5.73 Å². The Bertz CT molecular complexity index is 476. The van der Waals surface area contributed by atoms with E-state index < -0.39 is 0 Å². The van der Waals surface area contributed by atoms with Crippen LogP contribution in [0.2, 0.25) is 0 Å². The third-order valence-corrected chi connectivity index (χ3v) is 4.17. The number of piperidine rings is 1. The molecule has 0 aromatic heterocycles. The summed E-state index contributed by atoms with van der Waals surface area (Å²) >= 11 is 3.40. The SMILES string of the molecule is CC1CCCN(C(N)=NCc2cc(F)ccc2Br)C1. The van der Waals surface area contributed by atoms with Gasteiger partial charge in [-0.25, -0.2) is 9.38 Å². The molecule has 1 aliphatic heterocycles. The van der Waals surface area contributed by atoms with Gasteiger partial charge in [-0.2, -0.15) is 0 Å². The Morgan fingerprint density at radius 1 is 1.58 bits per heavy atom. The minimum atomic E-state index is -0.251. The van der Waals surface area contributed by atoms with Gasteiger partial charge in [0.05, 0.1) is 6.54 Å². The first-order valence-electron chi connectivity index (χ1n) is 6.55. The number of nitrogens with zero attached hydrogens (tertiary/aromatic N) is 2. The largest absolute Gasteiger partial charge is 0.370 e. The molecule has 1 aliphatic rings. The van der Waals surface area contributed by atoms with Gasteiger partial charge < -0.3 is 10.6 Å². The first kappa shape index (κ1) is 14.3. The maximum absolute atomic E-state index is 13.2. The van der Waals surface area contributed by atoms with E-state index in [9.17, 15) is 4.39 Å². The zero-order valence-electron chi connectivity index (χ0n) is 11.1. The van der Waals surface area contributed by atoms with Crippen molar-refractivity contribution in [2.45, 2.75) is 26.3 Å². The Kier molecular flexibility index (Phi) is 4.80. The van der Waals surface area contributed by atoms with E-state index in [1.807, 2.05) is 0 Å². The average molecular weight is 328 g/mol. The van der Waals surface area contributed by atoms with Gasteiger partial charge in [0.1, 0.15) is 5.82 Å². The van der Waals surface area contributed by atoms with Crippen LogP contribution in [-0.4, -0.2) is 23.9 Å². The number of nitrogens with two attached hydrogens (primary N) is 1. The van der Waals surface area contributed by atoms with Crippen LogP contribution in [0.5, 0.6) is 0 Å². The van der Waals surface area contributed by atoms with Gasteiger partial charge in [0, 0.05) is 17.6 Å². The van der Waals surface area contributed by atoms with Crippen LogP contribution in [0.1, 0.15) is 25.3 Å². The fraction of sp³-hybridized carbons (Fsp3) is 0.500. The van der Waals surface area contributed by atoms with Crippen molar-refractivity contribution in [3.05, 3.63) is 34.1 Å². The van der Waals surface area contributed by atoms with Crippen molar-refractivity contribution in [2.75, 3.05) is 13.1 Å². The highest BCUT2D eigenvalue weighted by molar-refractivity contribution is 9.10. The molecule has 0 bridgehead atoms.